The molecule has 0 aliphatic heterocycles. The van der Waals surface area contributed by atoms with Crippen molar-refractivity contribution in [1.29, 1.82) is 0 Å². The Labute approximate surface area is 112 Å². The van der Waals surface area contributed by atoms with Crippen LogP contribution in [-0.2, 0) is 0 Å². The maximum absolute atomic E-state index is 12.9. The van der Waals surface area contributed by atoms with E-state index in [-0.39, 0.29) is 10.9 Å². The summed E-state index contributed by atoms with van der Waals surface area (Å²) < 4.78 is 12.9. The summed E-state index contributed by atoms with van der Waals surface area (Å²) in [7, 11) is 0. The third-order valence-electron chi connectivity index (χ3n) is 2.20. The molecule has 18 heavy (non-hydrogen) atoms. The van der Waals surface area contributed by atoms with E-state index < -0.39 is 5.82 Å². The van der Waals surface area contributed by atoms with Gasteiger partial charge >= 0.3 is 0 Å². The molecule has 1 aromatic heterocycles. The van der Waals surface area contributed by atoms with Gasteiger partial charge < -0.3 is 11.1 Å². The van der Waals surface area contributed by atoms with Gasteiger partial charge in [-0.05, 0) is 25.1 Å². The smallest absolute Gasteiger partial charge is 0.267 e. The first-order chi connectivity index (χ1) is 8.47. The predicted molar refractivity (Wildman–Crippen MR) is 70.6 cm³/mol. The van der Waals surface area contributed by atoms with Crippen LogP contribution in [0.15, 0.2) is 18.2 Å². The van der Waals surface area contributed by atoms with E-state index in [9.17, 15) is 9.18 Å². The Bertz CT molecular complexity index is 614. The lowest BCUT2D eigenvalue weighted by atomic mass is 10.3. The van der Waals surface area contributed by atoms with Gasteiger partial charge in [-0.1, -0.05) is 22.9 Å². The van der Waals surface area contributed by atoms with Gasteiger partial charge in [0, 0.05) is 0 Å². The molecule has 1 heterocycles. The first kappa shape index (κ1) is 12.8. The van der Waals surface area contributed by atoms with Crippen molar-refractivity contribution in [2.45, 2.75) is 6.92 Å². The molecule has 2 aromatic rings. The molecular formula is C11H9ClFN3OS. The number of carbonyl (C=O) groups is 1. The third-order valence-corrected chi connectivity index (χ3v) is 3.50. The van der Waals surface area contributed by atoms with Crippen LogP contribution < -0.4 is 11.1 Å². The van der Waals surface area contributed by atoms with Gasteiger partial charge in [0.15, 0.2) is 5.13 Å². The number of nitrogens with two attached hydrogens (primary N) is 1. The zero-order valence-electron chi connectivity index (χ0n) is 9.33. The Hall–Kier alpha value is -1.66. The van der Waals surface area contributed by atoms with E-state index in [2.05, 4.69) is 10.3 Å². The highest BCUT2D eigenvalue weighted by molar-refractivity contribution is 7.17. The van der Waals surface area contributed by atoms with Crippen LogP contribution in [0.25, 0.3) is 0 Å². The van der Waals surface area contributed by atoms with Crippen LogP contribution >= 0.6 is 22.9 Å². The standard InChI is InChI=1S/C11H9ClFN3OS/c1-5-9(18-11(14)15-5)10(17)16-8-3-2-6(13)4-7(8)12/h2-4H,1H3,(H2,14,15)(H,16,17). The fourth-order valence-corrected chi connectivity index (χ4v) is 2.34. The summed E-state index contributed by atoms with van der Waals surface area (Å²) in [6.07, 6.45) is 0. The average Bonchev–Trinajstić information content (AvgIpc) is 2.62. The first-order valence-electron chi connectivity index (χ1n) is 4.96. The molecule has 94 valence electrons. The molecule has 0 saturated heterocycles. The van der Waals surface area contributed by atoms with Crippen LogP contribution in [0.3, 0.4) is 0 Å². The second kappa shape index (κ2) is 4.91. The van der Waals surface area contributed by atoms with E-state index in [1.54, 1.807) is 6.92 Å². The van der Waals surface area contributed by atoms with Crippen molar-refractivity contribution in [3.05, 3.63) is 39.6 Å². The number of nitrogen functional groups attached to an aromatic ring is 1. The number of nitrogens with zero attached hydrogens (tertiary/aromatic N) is 1. The predicted octanol–water partition coefficient (Wildman–Crippen LogP) is 3.08. The first-order valence-corrected chi connectivity index (χ1v) is 6.16. The number of aryl methyl sites for hydroxylation is 1. The molecule has 3 N–H and O–H groups in total. The van der Waals surface area contributed by atoms with Crippen LogP contribution in [0.1, 0.15) is 15.4 Å². The summed E-state index contributed by atoms with van der Waals surface area (Å²) in [5.41, 5.74) is 6.40. The second-order valence-corrected chi connectivity index (χ2v) is 4.98. The van der Waals surface area contributed by atoms with Crippen LogP contribution in [0.4, 0.5) is 15.2 Å². The van der Waals surface area contributed by atoms with Crippen molar-refractivity contribution < 1.29 is 9.18 Å². The molecule has 0 fully saturated rings. The van der Waals surface area contributed by atoms with Gasteiger partial charge in [0.05, 0.1) is 16.4 Å². The third kappa shape index (κ3) is 2.60. The maximum atomic E-state index is 12.9. The highest BCUT2D eigenvalue weighted by Crippen LogP contribution is 2.25. The molecule has 7 heteroatoms. The lowest BCUT2D eigenvalue weighted by molar-refractivity contribution is 0.103. The Morgan fingerprint density at radius 1 is 1.56 bits per heavy atom. The molecule has 2 rings (SSSR count). The van der Waals surface area contributed by atoms with Crippen molar-refractivity contribution in [2.24, 2.45) is 0 Å². The number of anilines is 2. The molecule has 1 aromatic carbocycles. The Morgan fingerprint density at radius 3 is 2.83 bits per heavy atom. The zero-order valence-corrected chi connectivity index (χ0v) is 10.9. The number of benzene rings is 1. The highest BCUT2D eigenvalue weighted by atomic mass is 35.5. The van der Waals surface area contributed by atoms with E-state index in [1.165, 1.54) is 12.1 Å². The van der Waals surface area contributed by atoms with E-state index in [0.717, 1.165) is 17.4 Å². The Morgan fingerprint density at radius 2 is 2.28 bits per heavy atom. The summed E-state index contributed by atoms with van der Waals surface area (Å²) in [6.45, 7) is 1.69. The van der Waals surface area contributed by atoms with Crippen molar-refractivity contribution in [1.82, 2.24) is 4.98 Å². The van der Waals surface area contributed by atoms with Crippen LogP contribution in [0, 0.1) is 12.7 Å². The van der Waals surface area contributed by atoms with Crippen LogP contribution in [-0.4, -0.2) is 10.9 Å². The maximum Gasteiger partial charge on any atom is 0.267 e. The number of nitrogens with one attached hydrogen (secondary N) is 1. The number of halogens is 2. The van der Waals surface area contributed by atoms with E-state index in [0.29, 0.717) is 21.4 Å². The molecule has 4 nitrogen and oxygen atoms in total. The molecule has 0 radical (unpaired) electrons. The fourth-order valence-electron chi connectivity index (χ4n) is 1.40. The molecule has 0 bridgehead atoms. The molecule has 0 aliphatic rings. The minimum atomic E-state index is -0.462. The largest absolute Gasteiger partial charge is 0.375 e. The lowest BCUT2D eigenvalue weighted by Crippen LogP contribution is -2.11. The van der Waals surface area contributed by atoms with Gasteiger partial charge in [0.1, 0.15) is 10.7 Å². The van der Waals surface area contributed by atoms with Gasteiger partial charge in [0.25, 0.3) is 5.91 Å². The van der Waals surface area contributed by atoms with Gasteiger partial charge in [-0.2, -0.15) is 0 Å². The van der Waals surface area contributed by atoms with Gasteiger partial charge in [-0.15, -0.1) is 0 Å². The quantitative estimate of drug-likeness (QED) is 0.891. The number of aromatic nitrogens is 1. The SMILES string of the molecule is Cc1nc(N)sc1C(=O)Nc1ccc(F)cc1Cl. The normalized spacial score (nSPS) is 10.4. The highest BCUT2D eigenvalue weighted by Gasteiger charge is 2.15. The molecule has 0 aliphatic carbocycles. The fraction of sp³-hybridized carbons (Fsp3) is 0.0909. The van der Waals surface area contributed by atoms with Crippen molar-refractivity contribution in [3.8, 4) is 0 Å². The number of carbonyl (C=O) groups excluding carboxylic acids is 1. The minimum absolute atomic E-state index is 0.137. The summed E-state index contributed by atoms with van der Waals surface area (Å²) in [4.78, 5) is 16.3. The molecule has 0 spiro atoms. The van der Waals surface area contributed by atoms with Crippen molar-refractivity contribution in [2.75, 3.05) is 11.1 Å². The summed E-state index contributed by atoms with van der Waals surface area (Å²) in [5, 5.41) is 3.04. The summed E-state index contributed by atoms with van der Waals surface area (Å²) in [5.74, 6) is -0.827. The molecule has 0 atom stereocenters. The molecular weight excluding hydrogens is 277 g/mol. The second-order valence-electron chi connectivity index (χ2n) is 3.54. The summed E-state index contributed by atoms with van der Waals surface area (Å²) >= 11 is 6.90. The topological polar surface area (TPSA) is 68.0 Å². The Balaban J connectivity index is 2.24. The number of thiazole rings is 1. The minimum Gasteiger partial charge on any atom is -0.375 e. The monoisotopic (exact) mass is 285 g/mol. The molecule has 1 amide bonds. The summed E-state index contributed by atoms with van der Waals surface area (Å²) in [6, 6.07) is 3.75. The van der Waals surface area contributed by atoms with Gasteiger partial charge in [0.2, 0.25) is 0 Å². The molecule has 0 unspecified atom stereocenters. The Kier molecular flexibility index (Phi) is 3.49. The number of hydrogen-bond donors (Lipinski definition) is 2. The van der Waals surface area contributed by atoms with Gasteiger partial charge in [-0.25, -0.2) is 9.37 Å². The van der Waals surface area contributed by atoms with E-state index >= 15 is 0 Å². The average molecular weight is 286 g/mol. The van der Waals surface area contributed by atoms with Crippen LogP contribution in [0.5, 0.6) is 0 Å². The van der Waals surface area contributed by atoms with E-state index in [1.807, 2.05) is 0 Å². The molecule has 0 saturated carbocycles. The zero-order chi connectivity index (χ0) is 13.3. The lowest BCUT2D eigenvalue weighted by Gasteiger charge is -2.06. The van der Waals surface area contributed by atoms with Gasteiger partial charge in [-0.3, -0.25) is 4.79 Å². The number of amides is 1. The van der Waals surface area contributed by atoms with Crippen molar-refractivity contribution in [3.63, 3.8) is 0 Å². The van der Waals surface area contributed by atoms with Crippen molar-refractivity contribution >= 4 is 39.7 Å². The number of hydrogen-bond acceptors (Lipinski definition) is 4. The number of rotatable bonds is 2. The van der Waals surface area contributed by atoms with E-state index in [4.69, 9.17) is 17.3 Å². The van der Waals surface area contributed by atoms with Crippen LogP contribution in [0.2, 0.25) is 5.02 Å².